The maximum absolute atomic E-state index is 12.5. The molecule has 6 nitrogen and oxygen atoms in total. The van der Waals surface area contributed by atoms with Crippen LogP contribution in [-0.2, 0) is 9.59 Å². The van der Waals surface area contributed by atoms with E-state index in [1.54, 1.807) is 30.3 Å². The van der Waals surface area contributed by atoms with E-state index in [2.05, 4.69) is 21.2 Å². The molecule has 144 valence electrons. The Kier molecular flexibility index (Phi) is 7.86. The number of aryl methyl sites for hydroxylation is 1. The number of carbonyl (C=O) groups excluding carboxylic acids is 1. The molecule has 2 aromatic carbocycles. The number of amides is 1. The van der Waals surface area contributed by atoms with Gasteiger partial charge in [0.15, 0.2) is 6.61 Å². The summed E-state index contributed by atoms with van der Waals surface area (Å²) < 4.78 is 6.37. The quantitative estimate of drug-likeness (QED) is 0.286. The van der Waals surface area contributed by atoms with Crippen molar-refractivity contribution in [3.05, 3.63) is 60.1 Å². The van der Waals surface area contributed by atoms with Crippen molar-refractivity contribution >= 4 is 73.8 Å². The fourth-order valence-electron chi connectivity index (χ4n) is 2.17. The van der Waals surface area contributed by atoms with Gasteiger partial charge in [-0.1, -0.05) is 17.7 Å². The van der Waals surface area contributed by atoms with Crippen molar-refractivity contribution in [2.75, 3.05) is 11.9 Å². The third-order valence-corrected chi connectivity index (χ3v) is 5.11. The van der Waals surface area contributed by atoms with Crippen molar-refractivity contribution < 1.29 is 19.4 Å². The van der Waals surface area contributed by atoms with E-state index in [0.717, 1.165) is 5.56 Å². The van der Waals surface area contributed by atoms with Gasteiger partial charge in [0.2, 0.25) is 0 Å². The highest BCUT2D eigenvalue weighted by Crippen LogP contribution is 2.33. The lowest BCUT2D eigenvalue weighted by molar-refractivity contribution is -0.139. The second kappa shape index (κ2) is 9.91. The third-order valence-electron chi connectivity index (χ3n) is 3.48. The number of nitrogens with zero attached hydrogens (tertiary/aromatic N) is 1. The van der Waals surface area contributed by atoms with Crippen molar-refractivity contribution in [3.63, 3.8) is 0 Å². The average Bonchev–Trinajstić information content (AvgIpc) is 2.61. The van der Waals surface area contributed by atoms with Crippen LogP contribution in [-0.4, -0.2) is 23.6 Å². The topological polar surface area (TPSA) is 99.4 Å². The lowest BCUT2D eigenvalue weighted by atomic mass is 10.1. The van der Waals surface area contributed by atoms with Crippen LogP contribution in [0.5, 0.6) is 5.75 Å². The van der Waals surface area contributed by atoms with E-state index in [1.807, 2.05) is 35.6 Å². The number of nitrogens with one attached hydrogen (secondary N) is 1. The molecule has 0 heterocycles. The molecule has 0 aliphatic carbocycles. The van der Waals surface area contributed by atoms with Gasteiger partial charge in [-0.15, -0.1) is 0 Å². The highest BCUT2D eigenvalue weighted by atomic mass is 127. The molecule has 0 spiro atoms. The van der Waals surface area contributed by atoms with Crippen LogP contribution in [0.15, 0.2) is 40.4 Å². The molecule has 0 radical (unpaired) electrons. The first-order valence-corrected chi connectivity index (χ1v) is 9.99. The van der Waals surface area contributed by atoms with Gasteiger partial charge in [0, 0.05) is 10.7 Å². The van der Waals surface area contributed by atoms with Crippen LogP contribution in [0.4, 0.5) is 5.69 Å². The Balaban J connectivity index is 2.28. The van der Waals surface area contributed by atoms with Gasteiger partial charge in [-0.3, -0.25) is 4.79 Å². The lowest BCUT2D eigenvalue weighted by Gasteiger charge is -2.10. The van der Waals surface area contributed by atoms with Gasteiger partial charge < -0.3 is 15.2 Å². The number of benzene rings is 2. The zero-order valence-electron chi connectivity index (χ0n) is 14.4. The Morgan fingerprint density at radius 1 is 1.39 bits per heavy atom. The molecule has 0 aliphatic heterocycles. The van der Waals surface area contributed by atoms with Gasteiger partial charge in [-0.05, 0) is 86.9 Å². The average molecular weight is 576 g/mol. The van der Waals surface area contributed by atoms with Crippen LogP contribution in [0.3, 0.4) is 0 Å². The monoisotopic (exact) mass is 574 g/mol. The summed E-state index contributed by atoms with van der Waals surface area (Å²) in [6.45, 7) is 1.34. The van der Waals surface area contributed by atoms with E-state index in [4.69, 9.17) is 21.4 Å². The van der Waals surface area contributed by atoms with E-state index in [0.29, 0.717) is 30.1 Å². The minimum atomic E-state index is -1.09. The Morgan fingerprint density at radius 3 is 2.71 bits per heavy atom. The van der Waals surface area contributed by atoms with Gasteiger partial charge in [0.1, 0.15) is 17.4 Å². The van der Waals surface area contributed by atoms with E-state index in [-0.39, 0.29) is 5.57 Å². The number of hydrogen-bond acceptors (Lipinski definition) is 4. The van der Waals surface area contributed by atoms with Crippen LogP contribution < -0.4 is 10.1 Å². The maximum Gasteiger partial charge on any atom is 0.341 e. The Morgan fingerprint density at radius 2 is 2.11 bits per heavy atom. The molecule has 0 bridgehead atoms. The van der Waals surface area contributed by atoms with E-state index in [1.165, 1.54) is 6.08 Å². The SMILES string of the molecule is Cc1ccc(Cl)cc1NC(=O)/C(C#N)=C/c1cc(Br)c(OCC(=O)O)c(I)c1. The molecule has 9 heteroatoms. The number of carboxylic acid groups (broad SMARTS) is 1. The fraction of sp³-hybridized carbons (Fsp3) is 0.105. The van der Waals surface area contributed by atoms with E-state index in [9.17, 15) is 14.9 Å². The predicted molar refractivity (Wildman–Crippen MR) is 118 cm³/mol. The molecule has 1 amide bonds. The van der Waals surface area contributed by atoms with Crippen molar-refractivity contribution in [2.45, 2.75) is 6.92 Å². The zero-order chi connectivity index (χ0) is 20.8. The van der Waals surface area contributed by atoms with Crippen LogP contribution >= 0.6 is 50.1 Å². The lowest BCUT2D eigenvalue weighted by Crippen LogP contribution is -2.14. The standard InChI is InChI=1S/C19H13BrClIN2O4/c1-10-2-3-13(21)7-16(10)24-19(27)12(8-23)4-11-5-14(20)18(15(22)6-11)28-9-17(25)26/h2-7H,9H2,1H3,(H,24,27)(H,25,26)/b12-4+. The van der Waals surface area contributed by atoms with Gasteiger partial charge in [0.05, 0.1) is 8.04 Å². The van der Waals surface area contributed by atoms with Crippen molar-refractivity contribution in [3.8, 4) is 11.8 Å². The predicted octanol–water partition coefficient (Wildman–Crippen LogP) is 5.02. The molecule has 28 heavy (non-hydrogen) atoms. The summed E-state index contributed by atoms with van der Waals surface area (Å²) in [5, 5.41) is 21.3. The van der Waals surface area contributed by atoms with Gasteiger partial charge in [0.25, 0.3) is 5.91 Å². The summed E-state index contributed by atoms with van der Waals surface area (Å²) >= 11 is 11.3. The molecule has 0 aliphatic rings. The number of aliphatic carboxylic acids is 1. The smallest absolute Gasteiger partial charge is 0.341 e. The van der Waals surface area contributed by atoms with Gasteiger partial charge in [-0.25, -0.2) is 4.79 Å². The third kappa shape index (κ3) is 5.95. The minimum absolute atomic E-state index is 0.0960. The molecular formula is C19H13BrClIN2O4. The second-order valence-electron chi connectivity index (χ2n) is 5.58. The van der Waals surface area contributed by atoms with Crippen LogP contribution in [0, 0.1) is 21.8 Å². The highest BCUT2D eigenvalue weighted by Gasteiger charge is 2.14. The molecule has 2 N–H and O–H groups in total. The summed E-state index contributed by atoms with van der Waals surface area (Å²) in [4.78, 5) is 23.2. The molecular weight excluding hydrogens is 562 g/mol. The zero-order valence-corrected chi connectivity index (χ0v) is 18.9. The molecule has 0 aromatic heterocycles. The molecule has 0 saturated heterocycles. The first-order valence-electron chi connectivity index (χ1n) is 7.74. The van der Waals surface area contributed by atoms with Crippen LogP contribution in [0.1, 0.15) is 11.1 Å². The van der Waals surface area contributed by atoms with E-state index < -0.39 is 18.5 Å². The number of carbonyl (C=O) groups is 2. The number of anilines is 1. The Bertz CT molecular complexity index is 994. The summed E-state index contributed by atoms with van der Waals surface area (Å²) in [7, 11) is 0. The highest BCUT2D eigenvalue weighted by molar-refractivity contribution is 14.1. The summed E-state index contributed by atoms with van der Waals surface area (Å²) in [6.07, 6.45) is 1.43. The number of halogens is 3. The first-order chi connectivity index (χ1) is 13.2. The largest absolute Gasteiger partial charge is 0.480 e. The number of hydrogen-bond donors (Lipinski definition) is 2. The van der Waals surface area contributed by atoms with Gasteiger partial charge in [-0.2, -0.15) is 5.26 Å². The Labute approximate surface area is 188 Å². The minimum Gasteiger partial charge on any atom is -0.480 e. The van der Waals surface area contributed by atoms with Crippen molar-refractivity contribution in [1.82, 2.24) is 0 Å². The number of carboxylic acids is 1. The Hall–Kier alpha value is -2.09. The number of nitriles is 1. The number of rotatable bonds is 6. The normalized spacial score (nSPS) is 10.9. The second-order valence-corrected chi connectivity index (χ2v) is 8.03. The molecule has 2 rings (SSSR count). The fourth-order valence-corrected chi connectivity index (χ4v) is 4.11. The van der Waals surface area contributed by atoms with E-state index >= 15 is 0 Å². The maximum atomic E-state index is 12.5. The summed E-state index contributed by atoms with van der Waals surface area (Å²) in [6, 6.07) is 10.3. The van der Waals surface area contributed by atoms with Crippen LogP contribution in [0.2, 0.25) is 5.02 Å². The van der Waals surface area contributed by atoms with Crippen LogP contribution in [0.25, 0.3) is 6.08 Å². The molecule has 0 fully saturated rings. The van der Waals surface area contributed by atoms with Crippen molar-refractivity contribution in [2.24, 2.45) is 0 Å². The van der Waals surface area contributed by atoms with Crippen molar-refractivity contribution in [1.29, 1.82) is 5.26 Å². The van der Waals surface area contributed by atoms with Gasteiger partial charge >= 0.3 is 5.97 Å². The number of ether oxygens (including phenoxy) is 1. The summed E-state index contributed by atoms with van der Waals surface area (Å²) in [5.41, 5.74) is 1.81. The molecule has 0 unspecified atom stereocenters. The molecule has 2 aromatic rings. The summed E-state index contributed by atoms with van der Waals surface area (Å²) in [5.74, 6) is -1.28. The first kappa shape index (κ1) is 22.2. The molecule has 0 saturated carbocycles. The molecule has 0 atom stereocenters.